The summed E-state index contributed by atoms with van der Waals surface area (Å²) in [4.78, 5) is 39.3. The van der Waals surface area contributed by atoms with Gasteiger partial charge in [0.15, 0.2) is 6.10 Å². The number of halogens is 1. The van der Waals surface area contributed by atoms with E-state index in [1.165, 1.54) is 20.0 Å². The van der Waals surface area contributed by atoms with Gasteiger partial charge in [-0.3, -0.25) is 9.59 Å². The van der Waals surface area contributed by atoms with Crippen molar-refractivity contribution in [1.82, 2.24) is 19.9 Å². The molecule has 1 atom stereocenters. The molecule has 3 heterocycles. The van der Waals surface area contributed by atoms with Gasteiger partial charge in [0, 0.05) is 39.5 Å². The van der Waals surface area contributed by atoms with E-state index in [4.69, 9.17) is 9.47 Å². The molecule has 37 heavy (non-hydrogen) atoms. The Morgan fingerprint density at radius 2 is 1.81 bits per heavy atom. The molecule has 9 nitrogen and oxygen atoms in total. The van der Waals surface area contributed by atoms with Crippen molar-refractivity contribution < 1.29 is 23.5 Å². The van der Waals surface area contributed by atoms with Crippen molar-refractivity contribution in [2.75, 3.05) is 32.1 Å². The molecule has 0 N–H and O–H groups in total. The van der Waals surface area contributed by atoms with E-state index in [0.29, 0.717) is 48.4 Å². The summed E-state index contributed by atoms with van der Waals surface area (Å²) in [6.07, 6.45) is 7.61. The number of anilines is 1. The predicted molar refractivity (Wildman–Crippen MR) is 140 cm³/mol. The number of hydrogen-bond donors (Lipinski definition) is 0. The summed E-state index contributed by atoms with van der Waals surface area (Å²) in [6.45, 7) is 9.37. The van der Waals surface area contributed by atoms with Crippen LogP contribution in [-0.2, 0) is 9.59 Å². The van der Waals surface area contributed by atoms with Crippen molar-refractivity contribution >= 4 is 17.5 Å². The lowest BCUT2D eigenvalue weighted by Gasteiger charge is -2.17. The highest BCUT2D eigenvalue weighted by Gasteiger charge is 2.34. The van der Waals surface area contributed by atoms with E-state index in [1.807, 2.05) is 14.1 Å². The van der Waals surface area contributed by atoms with Gasteiger partial charge in [0.25, 0.3) is 5.91 Å². The number of amides is 2. The Morgan fingerprint density at radius 1 is 1.16 bits per heavy atom. The van der Waals surface area contributed by atoms with Crippen molar-refractivity contribution in [3.05, 3.63) is 36.5 Å². The van der Waals surface area contributed by atoms with Crippen molar-refractivity contribution in [3.8, 4) is 11.6 Å². The Kier molecular flexibility index (Phi) is 11.2. The fraction of sp³-hybridized carbons (Fsp3) is 0.593. The molecule has 204 valence electrons. The first-order valence-electron chi connectivity index (χ1n) is 12.7. The molecule has 2 aromatic rings. The largest absolute Gasteiger partial charge is 0.479 e. The van der Waals surface area contributed by atoms with Crippen LogP contribution in [0.25, 0.3) is 0 Å². The van der Waals surface area contributed by atoms with E-state index in [9.17, 15) is 14.0 Å². The number of nitrogens with zero attached hydrogens (tertiary/aromatic N) is 5. The zero-order valence-corrected chi connectivity index (χ0v) is 23.0. The van der Waals surface area contributed by atoms with E-state index in [-0.39, 0.29) is 18.4 Å². The van der Waals surface area contributed by atoms with Crippen LogP contribution >= 0.6 is 0 Å². The van der Waals surface area contributed by atoms with Gasteiger partial charge in [0.1, 0.15) is 23.8 Å². The quantitative estimate of drug-likeness (QED) is 0.461. The van der Waals surface area contributed by atoms with Crippen LogP contribution in [0, 0.1) is 12.8 Å². The molecule has 1 fully saturated rings. The maximum absolute atomic E-state index is 13.4. The van der Waals surface area contributed by atoms with Crippen molar-refractivity contribution in [1.29, 1.82) is 0 Å². The second-order valence-electron chi connectivity index (χ2n) is 9.89. The number of alkyl halides is 1. The average molecular weight is 518 g/mol. The summed E-state index contributed by atoms with van der Waals surface area (Å²) in [7, 11) is 3.62. The average Bonchev–Trinajstić information content (AvgIpc) is 3.22. The third-order valence-electron chi connectivity index (χ3n) is 5.90. The summed E-state index contributed by atoms with van der Waals surface area (Å²) >= 11 is 0. The zero-order valence-electron chi connectivity index (χ0n) is 23.0. The Balaban J connectivity index is 0.000000371. The molecular formula is C27H40FN5O4. The summed E-state index contributed by atoms with van der Waals surface area (Å²) < 4.78 is 24.4. The van der Waals surface area contributed by atoms with Gasteiger partial charge in [-0.05, 0) is 32.8 Å². The number of carbonyl (C=O) groups excluding carboxylic acids is 2. The van der Waals surface area contributed by atoms with Gasteiger partial charge < -0.3 is 19.3 Å². The number of ether oxygens (including phenoxy) is 2. The standard InChI is InChI=1S/C18H21FN4O3.C9H19NO/c1-12-20-8-13(9-21-12)23-7-6-15(17(23)24)26-14-4-5-16(22-10-14)25-11-18(2,3)19;1-5-8(6-2)7-9(11)10(3)4/h4-5,8-10,15H,6-7,11H2,1-3H3;8H,5-7H2,1-4H3/t15-;/m1./s1. The van der Waals surface area contributed by atoms with Crippen LogP contribution in [0.15, 0.2) is 30.7 Å². The van der Waals surface area contributed by atoms with Crippen LogP contribution in [0.4, 0.5) is 10.1 Å². The number of aryl methyl sites for hydroxylation is 1. The maximum atomic E-state index is 13.4. The van der Waals surface area contributed by atoms with Gasteiger partial charge >= 0.3 is 0 Å². The Morgan fingerprint density at radius 3 is 2.32 bits per heavy atom. The lowest BCUT2D eigenvalue weighted by molar-refractivity contribution is -0.129. The minimum absolute atomic E-state index is 0.0884. The number of aromatic nitrogens is 3. The molecule has 10 heteroatoms. The van der Waals surface area contributed by atoms with Crippen molar-refractivity contribution in [2.24, 2.45) is 5.92 Å². The first-order chi connectivity index (χ1) is 17.4. The van der Waals surface area contributed by atoms with Crippen molar-refractivity contribution in [2.45, 2.75) is 72.1 Å². The summed E-state index contributed by atoms with van der Waals surface area (Å²) in [5, 5.41) is 0. The lowest BCUT2D eigenvalue weighted by Crippen LogP contribution is -2.32. The number of hydrogen-bond acceptors (Lipinski definition) is 7. The fourth-order valence-electron chi connectivity index (χ4n) is 3.48. The molecule has 2 amide bonds. The number of pyridine rings is 1. The first-order valence-corrected chi connectivity index (χ1v) is 12.7. The van der Waals surface area contributed by atoms with Gasteiger partial charge in [-0.2, -0.15) is 0 Å². The molecule has 0 saturated carbocycles. The van der Waals surface area contributed by atoms with E-state index in [0.717, 1.165) is 12.8 Å². The third kappa shape index (κ3) is 9.93. The van der Waals surface area contributed by atoms with Gasteiger partial charge in [-0.15, -0.1) is 0 Å². The molecule has 2 aromatic heterocycles. The van der Waals surface area contributed by atoms with Crippen LogP contribution in [0.3, 0.4) is 0 Å². The highest BCUT2D eigenvalue weighted by molar-refractivity contribution is 5.98. The predicted octanol–water partition coefficient (Wildman–Crippen LogP) is 4.39. The molecule has 0 radical (unpaired) electrons. The molecule has 0 bridgehead atoms. The summed E-state index contributed by atoms with van der Waals surface area (Å²) in [5.41, 5.74) is -0.779. The molecule has 0 aromatic carbocycles. The SMILES string of the molecule is CCC(CC)CC(=O)N(C)C.Cc1ncc(N2CC[C@@H](Oc3ccc(OCC(C)(C)F)nc3)C2=O)cn1. The summed E-state index contributed by atoms with van der Waals surface area (Å²) in [6, 6.07) is 3.24. The Labute approximate surface area is 219 Å². The highest BCUT2D eigenvalue weighted by Crippen LogP contribution is 2.24. The highest BCUT2D eigenvalue weighted by atomic mass is 19.1. The van der Waals surface area contributed by atoms with Crippen LogP contribution < -0.4 is 14.4 Å². The van der Waals surface area contributed by atoms with E-state index >= 15 is 0 Å². The number of carbonyl (C=O) groups is 2. The summed E-state index contributed by atoms with van der Waals surface area (Å²) in [5.74, 6) is 2.09. The number of rotatable bonds is 10. The van der Waals surface area contributed by atoms with E-state index < -0.39 is 11.8 Å². The van der Waals surface area contributed by atoms with Crippen LogP contribution in [-0.4, -0.2) is 70.7 Å². The van der Waals surface area contributed by atoms with Crippen LogP contribution in [0.5, 0.6) is 11.6 Å². The second-order valence-corrected chi connectivity index (χ2v) is 9.89. The lowest BCUT2D eigenvalue weighted by atomic mass is 9.99. The van der Waals surface area contributed by atoms with Crippen LogP contribution in [0.2, 0.25) is 0 Å². The molecule has 0 unspecified atom stereocenters. The van der Waals surface area contributed by atoms with E-state index in [1.54, 1.807) is 41.2 Å². The minimum atomic E-state index is -1.43. The molecule has 1 aliphatic heterocycles. The van der Waals surface area contributed by atoms with Gasteiger partial charge in [0.05, 0.1) is 24.3 Å². The van der Waals surface area contributed by atoms with Crippen LogP contribution in [0.1, 0.15) is 59.2 Å². The Bertz CT molecular complexity index is 989. The van der Waals surface area contributed by atoms with E-state index in [2.05, 4.69) is 28.8 Å². The minimum Gasteiger partial charge on any atom is -0.479 e. The fourth-order valence-corrected chi connectivity index (χ4v) is 3.48. The maximum Gasteiger partial charge on any atom is 0.268 e. The molecule has 1 saturated heterocycles. The van der Waals surface area contributed by atoms with Gasteiger partial charge in [-0.1, -0.05) is 26.7 Å². The van der Waals surface area contributed by atoms with Gasteiger partial charge in [0.2, 0.25) is 11.8 Å². The zero-order chi connectivity index (χ0) is 27.6. The normalized spacial score (nSPS) is 15.3. The smallest absolute Gasteiger partial charge is 0.268 e. The Hall–Kier alpha value is -3.30. The monoisotopic (exact) mass is 517 g/mol. The molecular weight excluding hydrogens is 477 g/mol. The molecule has 3 rings (SSSR count). The topological polar surface area (TPSA) is 97.8 Å². The van der Waals surface area contributed by atoms with Gasteiger partial charge in [-0.25, -0.2) is 19.3 Å². The first kappa shape index (κ1) is 29.9. The molecule has 0 aliphatic carbocycles. The molecule has 1 aliphatic rings. The molecule has 0 spiro atoms. The van der Waals surface area contributed by atoms with Crippen molar-refractivity contribution in [3.63, 3.8) is 0 Å². The third-order valence-corrected chi connectivity index (χ3v) is 5.90. The second kappa shape index (κ2) is 13.9.